The number of hydrogen-bond acceptors (Lipinski definition) is 5. The summed E-state index contributed by atoms with van der Waals surface area (Å²) >= 11 is 0. The van der Waals surface area contributed by atoms with Gasteiger partial charge in [0, 0.05) is 36.8 Å². The van der Waals surface area contributed by atoms with Crippen LogP contribution < -0.4 is 0 Å². The van der Waals surface area contributed by atoms with Crippen LogP contribution in [0.3, 0.4) is 0 Å². The van der Waals surface area contributed by atoms with Gasteiger partial charge in [0.05, 0.1) is 29.4 Å². The first-order valence-electron chi connectivity index (χ1n) is 13.0. The van der Waals surface area contributed by atoms with Gasteiger partial charge >= 0.3 is 12.4 Å². The Hall–Kier alpha value is -3.84. The van der Waals surface area contributed by atoms with Crippen LogP contribution in [0.5, 0.6) is 0 Å². The molecule has 6 nitrogen and oxygen atoms in total. The van der Waals surface area contributed by atoms with Crippen molar-refractivity contribution in [1.82, 2.24) is 19.7 Å². The molecule has 0 radical (unpaired) electrons. The van der Waals surface area contributed by atoms with Crippen LogP contribution in [-0.4, -0.2) is 31.0 Å². The molecule has 0 saturated heterocycles. The molecule has 222 valence electrons. The van der Waals surface area contributed by atoms with Crippen molar-refractivity contribution in [3.63, 3.8) is 0 Å². The molecule has 0 fully saturated rings. The lowest BCUT2D eigenvalue weighted by molar-refractivity contribution is -0.143. The van der Waals surface area contributed by atoms with Gasteiger partial charge in [-0.3, -0.25) is 4.98 Å². The maximum atomic E-state index is 13.8. The number of fused-ring (bicyclic) bond motifs is 1. The Morgan fingerprint density at radius 1 is 0.881 bits per heavy atom. The number of nitrogens with zero attached hydrogens (tertiary/aromatic N) is 4. The molecular weight excluding hydrogens is 569 g/mol. The van der Waals surface area contributed by atoms with E-state index in [0.29, 0.717) is 40.5 Å². The van der Waals surface area contributed by atoms with Crippen LogP contribution in [0.15, 0.2) is 60.9 Å². The van der Waals surface area contributed by atoms with Gasteiger partial charge in [0.25, 0.3) is 0 Å². The molecule has 2 aromatic carbocycles. The molecule has 3 heterocycles. The Labute approximate surface area is 235 Å². The van der Waals surface area contributed by atoms with E-state index in [-0.39, 0.29) is 24.6 Å². The fourth-order valence-electron chi connectivity index (χ4n) is 5.06. The number of aromatic nitrogens is 4. The zero-order chi connectivity index (χ0) is 30.4. The second-order valence-electron chi connectivity index (χ2n) is 10.3. The summed E-state index contributed by atoms with van der Waals surface area (Å²) in [7, 11) is 0. The number of aliphatic hydroxyl groups excluding tert-OH is 1. The lowest BCUT2D eigenvalue weighted by Crippen LogP contribution is -2.35. The van der Waals surface area contributed by atoms with Crippen molar-refractivity contribution in [2.45, 2.75) is 63.4 Å². The third-order valence-corrected chi connectivity index (χ3v) is 7.30. The molecule has 1 aliphatic heterocycles. The second kappa shape index (κ2) is 11.1. The minimum absolute atomic E-state index is 0.0730. The third kappa shape index (κ3) is 6.16. The molecule has 2 aromatic heterocycles. The molecule has 4 atom stereocenters. The van der Waals surface area contributed by atoms with Crippen molar-refractivity contribution in [1.29, 1.82) is 0 Å². The summed E-state index contributed by atoms with van der Waals surface area (Å²) in [4.78, 5) is 4.17. The quantitative estimate of drug-likeness (QED) is 0.242. The summed E-state index contributed by atoms with van der Waals surface area (Å²) in [5.41, 5.74) is -1.36. The van der Waals surface area contributed by atoms with E-state index in [9.17, 15) is 35.8 Å². The molecule has 1 aliphatic rings. The standard InChI is InChI=1S/C29H25F7N4O2/c1-15(41)19-7-20(13-37-12-19)27-39-38-26-11-25(24(14-40(26)27)17-3-5-23(30)6-4-17)42-16(2)18-8-21(28(31,32)33)10-22(9-18)29(34,35)36/h3-10,12-13,15-16,24-25,41H,11,14H2,1-2H3/t15?,16-,24-,25+/m1/s1. The van der Waals surface area contributed by atoms with E-state index in [2.05, 4.69) is 15.2 Å². The maximum Gasteiger partial charge on any atom is 0.416 e. The first-order valence-corrected chi connectivity index (χ1v) is 13.0. The molecule has 5 rings (SSSR count). The number of halogens is 7. The first-order chi connectivity index (χ1) is 19.7. The van der Waals surface area contributed by atoms with Gasteiger partial charge in [-0.1, -0.05) is 12.1 Å². The molecule has 1 unspecified atom stereocenters. The second-order valence-corrected chi connectivity index (χ2v) is 10.3. The Bertz CT molecular complexity index is 1530. The average Bonchev–Trinajstić information content (AvgIpc) is 3.34. The summed E-state index contributed by atoms with van der Waals surface area (Å²) in [6.45, 7) is 3.20. The molecule has 0 bridgehead atoms. The Kier molecular flexibility index (Phi) is 7.84. The Balaban J connectivity index is 1.52. The Morgan fingerprint density at radius 2 is 1.52 bits per heavy atom. The average molecular weight is 595 g/mol. The van der Waals surface area contributed by atoms with Gasteiger partial charge in [-0.05, 0) is 66.9 Å². The molecule has 4 aromatic rings. The zero-order valence-corrected chi connectivity index (χ0v) is 22.3. The van der Waals surface area contributed by atoms with Crippen LogP contribution in [0.25, 0.3) is 11.4 Å². The van der Waals surface area contributed by atoms with E-state index in [1.807, 2.05) is 4.57 Å². The molecule has 0 saturated carbocycles. The van der Waals surface area contributed by atoms with Gasteiger partial charge in [-0.2, -0.15) is 26.3 Å². The van der Waals surface area contributed by atoms with Gasteiger partial charge in [0.1, 0.15) is 11.6 Å². The lowest BCUT2D eigenvalue weighted by atomic mass is 9.88. The van der Waals surface area contributed by atoms with Crippen LogP contribution in [0.1, 0.15) is 65.6 Å². The molecular formula is C29H25F7N4O2. The zero-order valence-electron chi connectivity index (χ0n) is 22.3. The summed E-state index contributed by atoms with van der Waals surface area (Å²) in [5.74, 6) is -0.0406. The predicted molar refractivity (Wildman–Crippen MR) is 136 cm³/mol. The van der Waals surface area contributed by atoms with E-state index in [1.54, 1.807) is 31.3 Å². The topological polar surface area (TPSA) is 73.1 Å². The fraction of sp³-hybridized carbons (Fsp3) is 0.345. The number of aliphatic hydroxyl groups is 1. The highest BCUT2D eigenvalue weighted by Crippen LogP contribution is 2.40. The molecule has 1 N–H and O–H groups in total. The van der Waals surface area contributed by atoms with Crippen molar-refractivity contribution in [3.05, 3.63) is 100 Å². The van der Waals surface area contributed by atoms with Crippen LogP contribution >= 0.6 is 0 Å². The van der Waals surface area contributed by atoms with Crippen molar-refractivity contribution in [3.8, 4) is 11.4 Å². The number of ether oxygens (including phenoxy) is 1. The molecule has 13 heteroatoms. The summed E-state index contributed by atoms with van der Waals surface area (Å²) in [5, 5.41) is 18.5. The van der Waals surface area contributed by atoms with Crippen molar-refractivity contribution < 1.29 is 40.6 Å². The molecule has 0 spiro atoms. The molecule has 0 aliphatic carbocycles. The van der Waals surface area contributed by atoms with E-state index in [4.69, 9.17) is 4.74 Å². The minimum atomic E-state index is -5.00. The van der Waals surface area contributed by atoms with Gasteiger partial charge in [0.2, 0.25) is 0 Å². The normalized spacial score (nSPS) is 18.9. The number of hydrogen-bond donors (Lipinski definition) is 1. The highest BCUT2D eigenvalue weighted by molar-refractivity contribution is 5.55. The van der Waals surface area contributed by atoms with Crippen molar-refractivity contribution in [2.75, 3.05) is 0 Å². The monoisotopic (exact) mass is 594 g/mol. The highest BCUT2D eigenvalue weighted by Gasteiger charge is 2.39. The van der Waals surface area contributed by atoms with E-state index >= 15 is 0 Å². The van der Waals surface area contributed by atoms with Gasteiger partial charge in [-0.15, -0.1) is 10.2 Å². The Morgan fingerprint density at radius 3 is 2.12 bits per heavy atom. The lowest BCUT2D eigenvalue weighted by Gasteiger charge is -2.35. The summed E-state index contributed by atoms with van der Waals surface area (Å²) in [6.07, 6.45) is -9.48. The maximum absolute atomic E-state index is 13.8. The highest BCUT2D eigenvalue weighted by atomic mass is 19.4. The fourth-order valence-corrected chi connectivity index (χ4v) is 5.06. The largest absolute Gasteiger partial charge is 0.416 e. The third-order valence-electron chi connectivity index (χ3n) is 7.30. The van der Waals surface area contributed by atoms with Gasteiger partial charge in [0.15, 0.2) is 5.82 Å². The van der Waals surface area contributed by atoms with Crippen LogP contribution in [0.4, 0.5) is 30.7 Å². The summed E-state index contributed by atoms with van der Waals surface area (Å²) in [6, 6.07) is 8.72. The minimum Gasteiger partial charge on any atom is -0.389 e. The number of rotatable bonds is 6. The number of alkyl halides is 6. The number of benzene rings is 2. The number of pyridine rings is 1. The van der Waals surface area contributed by atoms with E-state index in [0.717, 1.165) is 0 Å². The first kappa shape index (κ1) is 29.6. The van der Waals surface area contributed by atoms with Gasteiger partial charge < -0.3 is 14.4 Å². The van der Waals surface area contributed by atoms with E-state index in [1.165, 1.54) is 25.3 Å². The van der Waals surface area contributed by atoms with Crippen LogP contribution in [0, 0.1) is 5.82 Å². The SMILES string of the molecule is CC(O)c1cncc(-c2nnc3n2C[C@H](c2ccc(F)cc2)[C@@H](O[C@H](C)c2cc(C(F)(F)F)cc(C(F)(F)F)c2)C3)c1. The van der Waals surface area contributed by atoms with Crippen molar-refractivity contribution >= 4 is 0 Å². The predicted octanol–water partition coefficient (Wildman–Crippen LogP) is 7.06. The molecule has 0 amide bonds. The molecule has 42 heavy (non-hydrogen) atoms. The van der Waals surface area contributed by atoms with Crippen LogP contribution in [0.2, 0.25) is 0 Å². The van der Waals surface area contributed by atoms with Crippen molar-refractivity contribution in [2.24, 2.45) is 0 Å². The smallest absolute Gasteiger partial charge is 0.389 e. The van der Waals surface area contributed by atoms with E-state index < -0.39 is 53.5 Å². The van der Waals surface area contributed by atoms with Crippen LogP contribution in [-0.2, 0) is 30.1 Å². The summed E-state index contributed by atoms with van der Waals surface area (Å²) < 4.78 is 103. The van der Waals surface area contributed by atoms with Gasteiger partial charge in [-0.25, -0.2) is 4.39 Å².